The second-order valence-electron chi connectivity index (χ2n) is 4.56. The molecule has 4 nitrogen and oxygen atoms in total. The number of hydrogen-bond acceptors (Lipinski definition) is 4. The SMILES string of the molecule is CNCc1nc(Cn2cc(-c3ccccc3)cn2)cs1. The van der Waals surface area contributed by atoms with Crippen molar-refractivity contribution in [3.8, 4) is 11.1 Å². The number of rotatable bonds is 5. The zero-order chi connectivity index (χ0) is 13.8. The number of hydrogen-bond donors (Lipinski definition) is 1. The number of benzene rings is 1. The van der Waals surface area contributed by atoms with Crippen LogP contribution in [0.4, 0.5) is 0 Å². The van der Waals surface area contributed by atoms with Crippen LogP contribution in [0.25, 0.3) is 11.1 Å². The summed E-state index contributed by atoms with van der Waals surface area (Å²) >= 11 is 1.68. The molecule has 2 heterocycles. The zero-order valence-corrected chi connectivity index (χ0v) is 12.1. The predicted octanol–water partition coefficient (Wildman–Crippen LogP) is 2.77. The molecule has 0 spiro atoms. The minimum absolute atomic E-state index is 0.715. The maximum absolute atomic E-state index is 4.57. The normalized spacial score (nSPS) is 10.8. The van der Waals surface area contributed by atoms with Crippen molar-refractivity contribution in [1.29, 1.82) is 0 Å². The van der Waals surface area contributed by atoms with E-state index in [-0.39, 0.29) is 0 Å². The van der Waals surface area contributed by atoms with Crippen molar-refractivity contribution < 1.29 is 0 Å². The van der Waals surface area contributed by atoms with Gasteiger partial charge in [0.05, 0.1) is 18.4 Å². The van der Waals surface area contributed by atoms with Crippen molar-refractivity contribution >= 4 is 11.3 Å². The third-order valence-corrected chi connectivity index (χ3v) is 3.89. The highest BCUT2D eigenvalue weighted by Gasteiger charge is 2.05. The molecule has 1 N–H and O–H groups in total. The van der Waals surface area contributed by atoms with Crippen LogP contribution in [0.2, 0.25) is 0 Å². The van der Waals surface area contributed by atoms with Gasteiger partial charge in [-0.05, 0) is 12.6 Å². The fraction of sp³-hybridized carbons (Fsp3) is 0.200. The van der Waals surface area contributed by atoms with Crippen molar-refractivity contribution in [3.05, 3.63) is 58.8 Å². The average Bonchev–Trinajstić information content (AvgIpc) is 3.11. The Balaban J connectivity index is 1.73. The third-order valence-electron chi connectivity index (χ3n) is 2.99. The summed E-state index contributed by atoms with van der Waals surface area (Å²) in [6, 6.07) is 10.3. The van der Waals surface area contributed by atoms with Gasteiger partial charge < -0.3 is 5.32 Å². The standard InChI is InChI=1S/C15H16N4S/c1-16-8-15-18-14(11-20-15)10-19-9-13(7-17-19)12-5-3-2-4-6-12/h2-7,9,11,16H,8,10H2,1H3. The Morgan fingerprint density at radius 2 is 2.05 bits per heavy atom. The van der Waals surface area contributed by atoms with Crippen molar-refractivity contribution in [2.24, 2.45) is 0 Å². The van der Waals surface area contributed by atoms with E-state index in [0.29, 0.717) is 6.54 Å². The van der Waals surface area contributed by atoms with Crippen LogP contribution in [0.1, 0.15) is 10.7 Å². The fourth-order valence-corrected chi connectivity index (χ4v) is 2.85. The first-order valence-electron chi connectivity index (χ1n) is 6.51. The fourth-order valence-electron chi connectivity index (χ4n) is 2.05. The van der Waals surface area contributed by atoms with Crippen molar-refractivity contribution in [1.82, 2.24) is 20.1 Å². The second kappa shape index (κ2) is 5.98. The number of nitrogens with zero attached hydrogens (tertiary/aromatic N) is 3. The van der Waals surface area contributed by atoms with Crippen LogP contribution in [-0.4, -0.2) is 21.8 Å². The third kappa shape index (κ3) is 2.95. The Morgan fingerprint density at radius 1 is 1.20 bits per heavy atom. The van der Waals surface area contributed by atoms with Crippen LogP contribution >= 0.6 is 11.3 Å². The molecule has 3 aromatic rings. The molecule has 0 bridgehead atoms. The molecule has 5 heteroatoms. The highest BCUT2D eigenvalue weighted by molar-refractivity contribution is 7.09. The van der Waals surface area contributed by atoms with E-state index in [1.54, 1.807) is 11.3 Å². The monoisotopic (exact) mass is 284 g/mol. The maximum Gasteiger partial charge on any atom is 0.107 e. The highest BCUT2D eigenvalue weighted by atomic mass is 32.1. The summed E-state index contributed by atoms with van der Waals surface area (Å²) < 4.78 is 1.93. The molecular weight excluding hydrogens is 268 g/mol. The van der Waals surface area contributed by atoms with E-state index in [0.717, 1.165) is 22.8 Å². The summed E-state index contributed by atoms with van der Waals surface area (Å²) in [5.74, 6) is 0. The van der Waals surface area contributed by atoms with Gasteiger partial charge in [-0.2, -0.15) is 5.10 Å². The first-order valence-corrected chi connectivity index (χ1v) is 7.39. The van der Waals surface area contributed by atoms with E-state index < -0.39 is 0 Å². The molecule has 0 saturated heterocycles. The minimum Gasteiger partial charge on any atom is -0.314 e. The molecule has 0 amide bonds. The predicted molar refractivity (Wildman–Crippen MR) is 81.6 cm³/mol. The molecule has 0 aliphatic carbocycles. The molecule has 2 aromatic heterocycles. The van der Waals surface area contributed by atoms with E-state index >= 15 is 0 Å². The topological polar surface area (TPSA) is 42.7 Å². The van der Waals surface area contributed by atoms with Crippen LogP contribution in [-0.2, 0) is 13.1 Å². The van der Waals surface area contributed by atoms with Gasteiger partial charge in [0.2, 0.25) is 0 Å². The van der Waals surface area contributed by atoms with Gasteiger partial charge in [-0.25, -0.2) is 4.98 Å². The lowest BCUT2D eigenvalue weighted by Crippen LogP contribution is -2.05. The van der Waals surface area contributed by atoms with E-state index in [4.69, 9.17) is 0 Å². The molecule has 0 saturated carbocycles. The van der Waals surface area contributed by atoms with Crippen LogP contribution < -0.4 is 5.32 Å². The Labute approximate surface area is 122 Å². The van der Waals surface area contributed by atoms with Gasteiger partial charge in [0.25, 0.3) is 0 Å². The van der Waals surface area contributed by atoms with E-state index in [2.05, 4.69) is 39.1 Å². The molecule has 0 radical (unpaired) electrons. The summed E-state index contributed by atoms with van der Waals surface area (Å²) in [5, 5.41) is 10.7. The molecule has 0 aliphatic rings. The Bertz CT molecular complexity index is 672. The van der Waals surface area contributed by atoms with Gasteiger partial charge in [-0.3, -0.25) is 4.68 Å². The molecule has 102 valence electrons. The van der Waals surface area contributed by atoms with E-state index in [9.17, 15) is 0 Å². The molecular formula is C15H16N4S. The highest BCUT2D eigenvalue weighted by Crippen LogP contribution is 2.18. The van der Waals surface area contributed by atoms with Crippen molar-refractivity contribution in [3.63, 3.8) is 0 Å². The van der Waals surface area contributed by atoms with Gasteiger partial charge in [-0.1, -0.05) is 30.3 Å². The summed E-state index contributed by atoms with van der Waals surface area (Å²) in [6.07, 6.45) is 3.96. The van der Waals surface area contributed by atoms with Crippen molar-refractivity contribution in [2.45, 2.75) is 13.1 Å². The Hall–Kier alpha value is -1.98. The summed E-state index contributed by atoms with van der Waals surface area (Å²) in [4.78, 5) is 4.57. The molecule has 3 rings (SSSR count). The van der Waals surface area contributed by atoms with Gasteiger partial charge in [0.15, 0.2) is 0 Å². The number of nitrogens with one attached hydrogen (secondary N) is 1. The first-order chi connectivity index (χ1) is 9.85. The maximum atomic E-state index is 4.57. The van der Waals surface area contributed by atoms with Gasteiger partial charge >= 0.3 is 0 Å². The van der Waals surface area contributed by atoms with Crippen LogP contribution in [0.3, 0.4) is 0 Å². The molecule has 0 atom stereocenters. The van der Waals surface area contributed by atoms with Gasteiger partial charge in [0, 0.05) is 23.7 Å². The van der Waals surface area contributed by atoms with E-state index in [1.165, 1.54) is 5.56 Å². The van der Waals surface area contributed by atoms with Gasteiger partial charge in [0.1, 0.15) is 5.01 Å². The summed E-state index contributed by atoms with van der Waals surface area (Å²) in [5.41, 5.74) is 3.38. The molecule has 0 unspecified atom stereocenters. The van der Waals surface area contributed by atoms with E-state index in [1.807, 2.05) is 36.1 Å². The number of thiazole rings is 1. The molecule has 20 heavy (non-hydrogen) atoms. The number of aromatic nitrogens is 3. The van der Waals surface area contributed by atoms with Crippen molar-refractivity contribution in [2.75, 3.05) is 7.05 Å². The summed E-state index contributed by atoms with van der Waals surface area (Å²) in [6.45, 7) is 1.53. The smallest absolute Gasteiger partial charge is 0.107 e. The lowest BCUT2D eigenvalue weighted by Gasteiger charge is -1.98. The van der Waals surface area contributed by atoms with Crippen LogP contribution in [0.5, 0.6) is 0 Å². The molecule has 1 aromatic carbocycles. The summed E-state index contributed by atoms with van der Waals surface area (Å²) in [7, 11) is 1.93. The van der Waals surface area contributed by atoms with Crippen LogP contribution in [0.15, 0.2) is 48.1 Å². The van der Waals surface area contributed by atoms with Crippen LogP contribution in [0, 0.1) is 0 Å². The minimum atomic E-state index is 0.715. The largest absolute Gasteiger partial charge is 0.314 e. The first kappa shape index (κ1) is 13.0. The Morgan fingerprint density at radius 3 is 2.85 bits per heavy atom. The quantitative estimate of drug-likeness (QED) is 0.783. The molecule has 0 aliphatic heterocycles. The lowest BCUT2D eigenvalue weighted by molar-refractivity contribution is 0.672. The second-order valence-corrected chi connectivity index (χ2v) is 5.50. The van der Waals surface area contributed by atoms with Gasteiger partial charge in [-0.15, -0.1) is 11.3 Å². The average molecular weight is 284 g/mol. The Kier molecular flexibility index (Phi) is 3.90. The zero-order valence-electron chi connectivity index (χ0n) is 11.3. The molecule has 0 fully saturated rings. The lowest BCUT2D eigenvalue weighted by atomic mass is 10.1.